The van der Waals surface area contributed by atoms with Crippen molar-refractivity contribution < 1.29 is 38.2 Å². The van der Waals surface area contributed by atoms with E-state index in [0.717, 1.165) is 18.2 Å². The summed E-state index contributed by atoms with van der Waals surface area (Å²) in [6.45, 7) is 0.635. The Balaban J connectivity index is 0.00000924. The number of carbonyl (C=O) groups is 6. The largest absolute Gasteiger partial charge is 0.468 e. The molecule has 0 heterocycles. The molecule has 0 aliphatic carbocycles. The fraction of sp³-hybridized carbons (Fsp3) is 0.357. The molecule has 15 heteroatoms. The standard InChI is InChI=1S/C28H35N5O8S.ClH/c1-18(31-28(39)41-16-20-11-7-4-8-12-20)27(38)42-17-22(25(36)30-15-24(35)40-2)33-26(37)21(32-23(34)14-29)13-19-9-5-3-6-10-19;/h3-12,18,21-22H,13-17,29H2,1-2H3,(H,30,36)(H,31,39)(H,32,34)(H,33,37);1H/t18-,21-,22-;/m0./s1. The first-order valence-corrected chi connectivity index (χ1v) is 13.9. The molecule has 43 heavy (non-hydrogen) atoms. The van der Waals surface area contributed by atoms with Gasteiger partial charge in [-0.05, 0) is 18.1 Å². The van der Waals surface area contributed by atoms with Crippen LogP contribution in [0.5, 0.6) is 0 Å². The summed E-state index contributed by atoms with van der Waals surface area (Å²) in [5, 5.41) is 9.33. The maximum Gasteiger partial charge on any atom is 0.408 e. The van der Waals surface area contributed by atoms with Gasteiger partial charge < -0.3 is 36.5 Å². The number of benzene rings is 2. The van der Waals surface area contributed by atoms with Gasteiger partial charge in [0.1, 0.15) is 25.2 Å². The molecule has 0 bridgehead atoms. The lowest BCUT2D eigenvalue weighted by molar-refractivity contribution is -0.141. The van der Waals surface area contributed by atoms with E-state index in [0.29, 0.717) is 11.8 Å². The highest BCUT2D eigenvalue weighted by Crippen LogP contribution is 2.11. The van der Waals surface area contributed by atoms with Gasteiger partial charge >= 0.3 is 12.1 Å². The third kappa shape index (κ3) is 14.1. The fourth-order valence-electron chi connectivity index (χ4n) is 3.41. The molecule has 2 rings (SSSR count). The molecule has 0 fully saturated rings. The van der Waals surface area contributed by atoms with E-state index in [1.54, 1.807) is 54.6 Å². The fourth-order valence-corrected chi connectivity index (χ4v) is 4.29. The zero-order valence-electron chi connectivity index (χ0n) is 23.7. The predicted octanol–water partition coefficient (Wildman–Crippen LogP) is 0.443. The predicted molar refractivity (Wildman–Crippen MR) is 162 cm³/mol. The molecule has 0 aromatic heterocycles. The maximum atomic E-state index is 13.2. The number of esters is 1. The van der Waals surface area contributed by atoms with E-state index in [4.69, 9.17) is 10.5 Å². The number of nitrogens with one attached hydrogen (secondary N) is 4. The molecule has 0 saturated heterocycles. The Morgan fingerprint density at radius 2 is 1.44 bits per heavy atom. The highest BCUT2D eigenvalue weighted by molar-refractivity contribution is 8.13. The summed E-state index contributed by atoms with van der Waals surface area (Å²) >= 11 is 0.685. The molecule has 0 spiro atoms. The molecule has 0 aliphatic rings. The smallest absolute Gasteiger partial charge is 0.408 e. The van der Waals surface area contributed by atoms with Crippen molar-refractivity contribution in [1.82, 2.24) is 21.3 Å². The van der Waals surface area contributed by atoms with Crippen LogP contribution in [0, 0.1) is 0 Å². The Morgan fingerprint density at radius 3 is 2.02 bits per heavy atom. The highest BCUT2D eigenvalue weighted by Gasteiger charge is 2.29. The van der Waals surface area contributed by atoms with Crippen LogP contribution in [0.1, 0.15) is 18.1 Å². The Hall–Kier alpha value is -4.14. The van der Waals surface area contributed by atoms with E-state index in [9.17, 15) is 28.8 Å². The van der Waals surface area contributed by atoms with E-state index < -0.39 is 59.6 Å². The van der Waals surface area contributed by atoms with Gasteiger partial charge in [-0.3, -0.25) is 24.0 Å². The minimum Gasteiger partial charge on any atom is -0.468 e. The van der Waals surface area contributed by atoms with Crippen LogP contribution in [0.3, 0.4) is 0 Å². The second-order valence-electron chi connectivity index (χ2n) is 8.93. The molecule has 0 radical (unpaired) electrons. The van der Waals surface area contributed by atoms with Gasteiger partial charge in [-0.2, -0.15) is 0 Å². The number of halogens is 1. The van der Waals surface area contributed by atoms with E-state index >= 15 is 0 Å². The average molecular weight is 638 g/mol. The summed E-state index contributed by atoms with van der Waals surface area (Å²) < 4.78 is 9.65. The third-order valence-corrected chi connectivity index (χ3v) is 6.82. The van der Waals surface area contributed by atoms with E-state index in [2.05, 4.69) is 26.0 Å². The quantitative estimate of drug-likeness (QED) is 0.171. The number of methoxy groups -OCH3 is 1. The number of hydrogen-bond donors (Lipinski definition) is 5. The first kappa shape index (κ1) is 36.9. The van der Waals surface area contributed by atoms with Gasteiger partial charge in [-0.15, -0.1) is 12.4 Å². The van der Waals surface area contributed by atoms with Crippen LogP contribution in [-0.4, -0.2) is 79.0 Å². The van der Waals surface area contributed by atoms with Crippen molar-refractivity contribution in [2.75, 3.05) is 26.0 Å². The van der Waals surface area contributed by atoms with Crippen LogP contribution in [0.2, 0.25) is 0 Å². The molecule has 2 aromatic rings. The van der Waals surface area contributed by atoms with Crippen LogP contribution in [0.4, 0.5) is 4.79 Å². The van der Waals surface area contributed by atoms with Crippen LogP contribution in [0.25, 0.3) is 0 Å². The molecular formula is C28H36ClN5O8S. The van der Waals surface area contributed by atoms with Gasteiger partial charge in [0, 0.05) is 12.2 Å². The number of alkyl carbamates (subject to hydrolysis) is 1. The zero-order chi connectivity index (χ0) is 30.9. The number of thioether (sulfide) groups is 1. The lowest BCUT2D eigenvalue weighted by atomic mass is 10.0. The molecule has 13 nitrogen and oxygen atoms in total. The summed E-state index contributed by atoms with van der Waals surface area (Å²) in [7, 11) is 1.15. The van der Waals surface area contributed by atoms with Gasteiger partial charge in [0.05, 0.1) is 19.7 Å². The monoisotopic (exact) mass is 637 g/mol. The van der Waals surface area contributed by atoms with Crippen molar-refractivity contribution in [2.24, 2.45) is 5.73 Å². The number of hydrogen-bond acceptors (Lipinski definition) is 10. The molecule has 3 atom stereocenters. The summed E-state index contributed by atoms with van der Waals surface area (Å²) in [6, 6.07) is 14.5. The Labute approximate surface area is 259 Å². The first-order valence-electron chi connectivity index (χ1n) is 12.9. The first-order chi connectivity index (χ1) is 20.1. The number of carbonyl (C=O) groups excluding carboxylic acids is 6. The van der Waals surface area contributed by atoms with Gasteiger partial charge in [0.15, 0.2) is 0 Å². The second-order valence-corrected chi connectivity index (χ2v) is 9.95. The van der Waals surface area contributed by atoms with Gasteiger partial charge in [0.25, 0.3) is 0 Å². The Kier molecular flexibility index (Phi) is 17.1. The van der Waals surface area contributed by atoms with Crippen molar-refractivity contribution in [3.8, 4) is 0 Å². The topological polar surface area (TPSA) is 195 Å². The summed E-state index contributed by atoms with van der Waals surface area (Å²) in [5.41, 5.74) is 6.92. The summed E-state index contributed by atoms with van der Waals surface area (Å²) in [5.74, 6) is -3.02. The van der Waals surface area contributed by atoms with Crippen LogP contribution >= 0.6 is 24.2 Å². The van der Waals surface area contributed by atoms with Crippen molar-refractivity contribution in [3.63, 3.8) is 0 Å². The molecule has 234 valence electrons. The van der Waals surface area contributed by atoms with Gasteiger partial charge in [-0.1, -0.05) is 72.4 Å². The van der Waals surface area contributed by atoms with Crippen LogP contribution in [-0.2, 0) is 46.5 Å². The SMILES string of the molecule is COC(=O)CNC(=O)[C@H](CSC(=O)[C@H](C)NC(=O)OCc1ccccc1)NC(=O)[C@H](Cc1ccccc1)NC(=O)CN.Cl. The van der Waals surface area contributed by atoms with E-state index in [1.807, 2.05) is 6.07 Å². The number of ether oxygens (including phenoxy) is 2. The molecule has 0 saturated carbocycles. The Bertz CT molecular complexity index is 1220. The summed E-state index contributed by atoms with van der Waals surface area (Å²) in [4.78, 5) is 74.5. The van der Waals surface area contributed by atoms with Crippen molar-refractivity contribution >= 4 is 59.1 Å². The lowest BCUT2D eigenvalue weighted by Crippen LogP contribution is -2.56. The van der Waals surface area contributed by atoms with Crippen LogP contribution in [0.15, 0.2) is 60.7 Å². The molecule has 0 unspecified atom stereocenters. The number of amides is 4. The number of nitrogens with two attached hydrogens (primary N) is 1. The molecule has 0 aliphatic heterocycles. The number of rotatable bonds is 15. The maximum absolute atomic E-state index is 13.2. The molecule has 6 N–H and O–H groups in total. The molecular weight excluding hydrogens is 602 g/mol. The minimum absolute atomic E-state index is 0. The van der Waals surface area contributed by atoms with Crippen molar-refractivity contribution in [1.29, 1.82) is 0 Å². The normalized spacial score (nSPS) is 12.3. The van der Waals surface area contributed by atoms with Gasteiger partial charge in [0.2, 0.25) is 22.8 Å². The summed E-state index contributed by atoms with van der Waals surface area (Å²) in [6.07, 6.45) is -0.701. The van der Waals surface area contributed by atoms with Crippen molar-refractivity contribution in [3.05, 3.63) is 71.8 Å². The second kappa shape index (κ2) is 19.9. The Morgan fingerprint density at radius 1 is 0.837 bits per heavy atom. The highest BCUT2D eigenvalue weighted by atomic mass is 35.5. The lowest BCUT2D eigenvalue weighted by Gasteiger charge is -2.23. The van der Waals surface area contributed by atoms with Crippen LogP contribution < -0.4 is 27.0 Å². The third-order valence-electron chi connectivity index (χ3n) is 5.68. The average Bonchev–Trinajstić information content (AvgIpc) is 3.00. The van der Waals surface area contributed by atoms with Crippen molar-refractivity contribution in [2.45, 2.75) is 38.1 Å². The zero-order valence-corrected chi connectivity index (χ0v) is 25.3. The minimum atomic E-state index is -1.29. The van der Waals surface area contributed by atoms with Gasteiger partial charge in [-0.25, -0.2) is 4.79 Å². The molecule has 4 amide bonds. The molecule has 2 aromatic carbocycles. The van der Waals surface area contributed by atoms with E-state index in [1.165, 1.54) is 6.92 Å². The van der Waals surface area contributed by atoms with E-state index in [-0.39, 0.29) is 37.7 Å².